The van der Waals surface area contributed by atoms with Gasteiger partial charge in [0.25, 0.3) is 5.91 Å². The molecule has 3 heterocycles. The number of hydrogen-bond donors (Lipinski definition) is 3. The minimum absolute atomic E-state index is 0.0594. The third kappa shape index (κ3) is 7.63. The van der Waals surface area contributed by atoms with E-state index >= 15 is 0 Å². The fourth-order valence-corrected chi connectivity index (χ4v) is 6.77. The van der Waals surface area contributed by atoms with E-state index in [-0.39, 0.29) is 60.9 Å². The minimum atomic E-state index is -0.733. The lowest BCUT2D eigenvalue weighted by atomic mass is 9.80. The van der Waals surface area contributed by atoms with Gasteiger partial charge in [0.05, 0.1) is 5.57 Å². The van der Waals surface area contributed by atoms with E-state index in [4.69, 9.17) is 4.74 Å². The van der Waals surface area contributed by atoms with Crippen molar-refractivity contribution in [3.05, 3.63) is 77.0 Å². The lowest BCUT2D eigenvalue weighted by Gasteiger charge is -2.34. The van der Waals surface area contributed by atoms with E-state index in [1.807, 2.05) is 30.3 Å². The summed E-state index contributed by atoms with van der Waals surface area (Å²) in [6, 6.07) is 14.0. The quantitative estimate of drug-likeness (QED) is 0.149. The summed E-state index contributed by atoms with van der Waals surface area (Å²) in [6.45, 7) is 5.64. The predicted molar refractivity (Wildman–Crippen MR) is 175 cm³/mol. The Hall–Kier alpha value is -4.88. The monoisotopic (exact) mass is 656 g/mol. The lowest BCUT2D eigenvalue weighted by Crippen LogP contribution is -2.52. The summed E-state index contributed by atoms with van der Waals surface area (Å²) < 4.78 is 5.44. The van der Waals surface area contributed by atoms with Gasteiger partial charge in [-0.15, -0.1) is 0 Å². The van der Waals surface area contributed by atoms with Gasteiger partial charge in [-0.05, 0) is 30.0 Å². The Labute approximate surface area is 278 Å². The number of ketones is 2. The van der Waals surface area contributed by atoms with E-state index in [2.05, 4.69) is 25.8 Å². The summed E-state index contributed by atoms with van der Waals surface area (Å²) >= 11 is 0. The molecule has 1 atom stereocenters. The van der Waals surface area contributed by atoms with Crippen molar-refractivity contribution in [2.45, 2.75) is 44.2 Å². The van der Waals surface area contributed by atoms with Crippen molar-refractivity contribution in [3.8, 4) is 0 Å². The molecular weight excluding hydrogens is 616 g/mol. The third-order valence-electron chi connectivity index (χ3n) is 9.48. The molecule has 48 heavy (non-hydrogen) atoms. The van der Waals surface area contributed by atoms with Crippen LogP contribution in [0.5, 0.6) is 0 Å². The molecule has 13 nitrogen and oxygen atoms in total. The van der Waals surface area contributed by atoms with Gasteiger partial charge >= 0.3 is 6.09 Å². The van der Waals surface area contributed by atoms with Gasteiger partial charge in [-0.3, -0.25) is 44.4 Å². The average molecular weight is 657 g/mol. The Balaban J connectivity index is 0.880. The third-order valence-corrected chi connectivity index (χ3v) is 9.48. The molecule has 4 amide bonds. The van der Waals surface area contributed by atoms with E-state index in [1.165, 1.54) is 4.90 Å². The van der Waals surface area contributed by atoms with Crippen LogP contribution in [0, 0.1) is 0 Å². The standard InChI is InChI=1S/C35H40N6O7/c42-30-19-24(23-5-2-1-3-6-23)20-31(43)26(30)21-36-11-12-39-13-15-40(16-14-39)17-18-48-35(47)37-28-8-4-7-25-27(28)22-41(34(25)46)29-9-10-32(44)38-33(29)45/h1-8,21,24,29,36H,9-20,22H2,(H,37,47)(H,38,44,45). The van der Waals surface area contributed by atoms with Crippen molar-refractivity contribution >= 4 is 41.1 Å². The molecule has 2 aromatic rings. The van der Waals surface area contributed by atoms with E-state index in [0.717, 1.165) is 38.3 Å². The number of allylic oxidation sites excluding steroid dienone is 1. The maximum absolute atomic E-state index is 13.0. The first-order valence-electron chi connectivity index (χ1n) is 16.5. The van der Waals surface area contributed by atoms with E-state index in [1.54, 1.807) is 24.4 Å². The number of imide groups is 1. The normalized spacial score (nSPS) is 22.0. The van der Waals surface area contributed by atoms with Gasteiger partial charge in [0.15, 0.2) is 11.6 Å². The fraction of sp³-hybridized carbons (Fsp3) is 0.429. The average Bonchev–Trinajstić information content (AvgIpc) is 3.41. The van der Waals surface area contributed by atoms with Crippen molar-refractivity contribution in [3.63, 3.8) is 0 Å². The van der Waals surface area contributed by atoms with Crippen LogP contribution in [0.4, 0.5) is 10.5 Å². The molecule has 3 aliphatic heterocycles. The number of carbonyl (C=O) groups is 6. The molecule has 252 valence electrons. The molecule has 6 rings (SSSR count). The number of rotatable bonds is 10. The number of ether oxygens (including phenoxy) is 1. The van der Waals surface area contributed by atoms with Gasteiger partial charge < -0.3 is 15.0 Å². The zero-order valence-electron chi connectivity index (χ0n) is 26.7. The molecule has 0 spiro atoms. The predicted octanol–water partition coefficient (Wildman–Crippen LogP) is 1.80. The Morgan fingerprint density at radius 2 is 1.60 bits per heavy atom. The first-order chi connectivity index (χ1) is 23.3. The number of Topliss-reactive ketones (excluding diaryl/α,β-unsaturated/α-hetero) is 2. The summed E-state index contributed by atoms with van der Waals surface area (Å²) in [5.74, 6) is -1.43. The second-order valence-corrected chi connectivity index (χ2v) is 12.6. The molecule has 0 radical (unpaired) electrons. The number of anilines is 1. The lowest BCUT2D eigenvalue weighted by molar-refractivity contribution is -0.137. The van der Waals surface area contributed by atoms with Gasteiger partial charge in [-0.25, -0.2) is 4.79 Å². The zero-order chi connectivity index (χ0) is 33.6. The Morgan fingerprint density at radius 1 is 0.896 bits per heavy atom. The van der Waals surface area contributed by atoms with Gasteiger partial charge in [0.2, 0.25) is 11.8 Å². The maximum Gasteiger partial charge on any atom is 0.411 e. The molecule has 1 saturated carbocycles. The molecule has 3 fully saturated rings. The van der Waals surface area contributed by atoms with Gasteiger partial charge in [0.1, 0.15) is 12.6 Å². The summed E-state index contributed by atoms with van der Waals surface area (Å²) in [5.41, 5.74) is 2.76. The molecule has 0 aromatic heterocycles. The van der Waals surface area contributed by atoms with Crippen LogP contribution < -0.4 is 16.0 Å². The summed E-state index contributed by atoms with van der Waals surface area (Å²) in [4.78, 5) is 80.8. The summed E-state index contributed by atoms with van der Waals surface area (Å²) in [6.07, 6.45) is 2.08. The number of fused-ring (bicyclic) bond motifs is 1. The van der Waals surface area contributed by atoms with Crippen LogP contribution in [0.15, 0.2) is 60.3 Å². The molecule has 13 heteroatoms. The fourth-order valence-electron chi connectivity index (χ4n) is 6.77. The number of benzene rings is 2. The molecule has 3 N–H and O–H groups in total. The molecule has 2 saturated heterocycles. The van der Waals surface area contributed by atoms with Crippen LogP contribution >= 0.6 is 0 Å². The SMILES string of the molecule is O=C1CCC(N2Cc3c(NC(=O)OCCN4CCN(CCNC=C5C(=O)CC(c6ccccc6)CC5=O)CC4)cccc3C2=O)C(=O)N1. The van der Waals surface area contributed by atoms with Crippen molar-refractivity contribution in [2.75, 3.05) is 57.7 Å². The summed E-state index contributed by atoms with van der Waals surface area (Å²) in [7, 11) is 0. The van der Waals surface area contributed by atoms with Crippen LogP contribution in [0.25, 0.3) is 0 Å². The van der Waals surface area contributed by atoms with Crippen LogP contribution in [-0.4, -0.2) is 109 Å². The molecular formula is C35H40N6O7. The largest absolute Gasteiger partial charge is 0.448 e. The topological polar surface area (TPSA) is 157 Å². The number of nitrogens with zero attached hydrogens (tertiary/aromatic N) is 3. The van der Waals surface area contributed by atoms with E-state index in [0.29, 0.717) is 42.7 Å². The number of piperazine rings is 1. The van der Waals surface area contributed by atoms with Crippen LogP contribution in [0.3, 0.4) is 0 Å². The van der Waals surface area contributed by atoms with Crippen LogP contribution in [-0.2, 0) is 30.5 Å². The highest BCUT2D eigenvalue weighted by molar-refractivity contribution is 6.22. The number of carbonyl (C=O) groups excluding carboxylic acids is 6. The second-order valence-electron chi connectivity index (χ2n) is 12.6. The van der Waals surface area contributed by atoms with Crippen molar-refractivity contribution in [1.82, 2.24) is 25.3 Å². The Bertz CT molecular complexity index is 1600. The molecule has 4 aliphatic rings. The highest BCUT2D eigenvalue weighted by Crippen LogP contribution is 2.33. The van der Waals surface area contributed by atoms with Crippen molar-refractivity contribution < 1.29 is 33.5 Å². The zero-order valence-corrected chi connectivity index (χ0v) is 26.7. The number of hydrogen-bond acceptors (Lipinski definition) is 10. The maximum atomic E-state index is 13.0. The molecule has 2 aromatic carbocycles. The smallest absolute Gasteiger partial charge is 0.411 e. The molecule has 1 unspecified atom stereocenters. The minimum Gasteiger partial charge on any atom is -0.448 e. The first-order valence-corrected chi connectivity index (χ1v) is 16.5. The van der Waals surface area contributed by atoms with Crippen LogP contribution in [0.1, 0.15) is 53.1 Å². The van der Waals surface area contributed by atoms with Crippen LogP contribution in [0.2, 0.25) is 0 Å². The summed E-state index contributed by atoms with van der Waals surface area (Å²) in [5, 5.41) is 8.19. The van der Waals surface area contributed by atoms with Gasteiger partial charge in [0, 0.05) is 94.6 Å². The number of nitrogens with one attached hydrogen (secondary N) is 3. The van der Waals surface area contributed by atoms with Gasteiger partial charge in [-0.1, -0.05) is 36.4 Å². The highest BCUT2D eigenvalue weighted by atomic mass is 16.5. The highest BCUT2D eigenvalue weighted by Gasteiger charge is 2.40. The Morgan fingerprint density at radius 3 is 2.31 bits per heavy atom. The Kier molecular flexibility index (Phi) is 10.3. The second kappa shape index (κ2) is 14.9. The molecule has 1 aliphatic carbocycles. The first kappa shape index (κ1) is 33.0. The van der Waals surface area contributed by atoms with E-state index in [9.17, 15) is 28.8 Å². The van der Waals surface area contributed by atoms with Gasteiger partial charge in [-0.2, -0.15) is 0 Å². The number of amides is 4. The van der Waals surface area contributed by atoms with Crippen molar-refractivity contribution in [1.29, 1.82) is 0 Å². The molecule has 0 bridgehead atoms. The number of piperidine rings is 1. The van der Waals surface area contributed by atoms with Crippen molar-refractivity contribution in [2.24, 2.45) is 0 Å². The van der Waals surface area contributed by atoms with E-state index < -0.39 is 18.0 Å².